The Morgan fingerprint density at radius 1 is 1.36 bits per heavy atom. The number of nitrogens with zero attached hydrogens (tertiary/aromatic N) is 1. The summed E-state index contributed by atoms with van der Waals surface area (Å²) in [5.41, 5.74) is 1.05. The van der Waals surface area contributed by atoms with Gasteiger partial charge in [0.05, 0.1) is 5.41 Å². The number of amides is 2. The van der Waals surface area contributed by atoms with Crippen LogP contribution in [0.25, 0.3) is 0 Å². The summed E-state index contributed by atoms with van der Waals surface area (Å²) in [5, 5.41) is 12.3. The van der Waals surface area contributed by atoms with Crippen LogP contribution in [0.4, 0.5) is 5.69 Å². The van der Waals surface area contributed by atoms with Crippen molar-refractivity contribution in [3.05, 3.63) is 29.8 Å². The summed E-state index contributed by atoms with van der Waals surface area (Å²) in [7, 11) is 0. The van der Waals surface area contributed by atoms with E-state index in [1.807, 2.05) is 31.2 Å². The van der Waals surface area contributed by atoms with Crippen molar-refractivity contribution in [2.75, 3.05) is 18.4 Å². The molecule has 0 saturated carbocycles. The van der Waals surface area contributed by atoms with Gasteiger partial charge >= 0.3 is 5.97 Å². The van der Waals surface area contributed by atoms with E-state index in [9.17, 15) is 19.5 Å². The lowest BCUT2D eigenvalue weighted by atomic mass is 9.81. The lowest BCUT2D eigenvalue weighted by Crippen LogP contribution is -2.37. The van der Waals surface area contributed by atoms with Gasteiger partial charge in [0.1, 0.15) is 0 Å². The molecule has 2 N–H and O–H groups in total. The average Bonchev–Trinajstić information content (AvgIpc) is 2.89. The maximum atomic E-state index is 12.5. The minimum atomic E-state index is -0.892. The largest absolute Gasteiger partial charge is 0.481 e. The first-order chi connectivity index (χ1) is 11.8. The van der Waals surface area contributed by atoms with Gasteiger partial charge in [0.15, 0.2) is 0 Å². The molecule has 3 rings (SSSR count). The molecule has 1 aromatic carbocycles. The number of rotatable bonds is 4. The predicted octanol–water partition coefficient (Wildman–Crippen LogP) is 2.15. The van der Waals surface area contributed by atoms with E-state index in [0.717, 1.165) is 11.3 Å². The standard InChI is InChI=1S/C19H24N2O4/c1-12-10-21(11-19(12,2)18(24)25)16(22)8-7-14-9-13-5-3-4-6-15(13)20-17(14)23/h3-6,12,14H,7-11H2,1-2H3,(H,20,23)(H,24,25)/t12-,14?,19-/m1/s1. The van der Waals surface area contributed by atoms with Crippen molar-refractivity contribution >= 4 is 23.5 Å². The van der Waals surface area contributed by atoms with Crippen LogP contribution in [-0.4, -0.2) is 40.9 Å². The summed E-state index contributed by atoms with van der Waals surface area (Å²) in [6, 6.07) is 7.70. The van der Waals surface area contributed by atoms with Crippen LogP contribution in [-0.2, 0) is 20.8 Å². The Hall–Kier alpha value is -2.37. The Morgan fingerprint density at radius 3 is 2.76 bits per heavy atom. The first kappa shape index (κ1) is 17.5. The number of benzene rings is 1. The number of anilines is 1. The number of carboxylic acid groups (broad SMARTS) is 1. The van der Waals surface area contributed by atoms with E-state index in [2.05, 4.69) is 5.32 Å². The van der Waals surface area contributed by atoms with Crippen molar-refractivity contribution in [1.82, 2.24) is 4.90 Å². The smallest absolute Gasteiger partial charge is 0.311 e. The minimum absolute atomic E-state index is 0.0448. The van der Waals surface area contributed by atoms with Gasteiger partial charge in [0.2, 0.25) is 11.8 Å². The third-order valence-electron chi connectivity index (χ3n) is 5.76. The molecule has 2 aliphatic heterocycles. The Morgan fingerprint density at radius 2 is 2.08 bits per heavy atom. The molecule has 0 spiro atoms. The number of carbonyl (C=O) groups excluding carboxylic acids is 2. The summed E-state index contributed by atoms with van der Waals surface area (Å²) in [6.07, 6.45) is 1.38. The molecular weight excluding hydrogens is 320 g/mol. The van der Waals surface area contributed by atoms with Crippen LogP contribution < -0.4 is 5.32 Å². The zero-order valence-electron chi connectivity index (χ0n) is 14.6. The van der Waals surface area contributed by atoms with Crippen LogP contribution in [0.15, 0.2) is 24.3 Å². The molecule has 2 aliphatic rings. The molecule has 0 bridgehead atoms. The SMILES string of the molecule is C[C@@H]1CN(C(=O)CCC2Cc3ccccc3NC2=O)C[C@@]1(C)C(=O)O. The zero-order valence-corrected chi connectivity index (χ0v) is 14.6. The van der Waals surface area contributed by atoms with Gasteiger partial charge in [-0.05, 0) is 37.3 Å². The number of carboxylic acids is 1. The third-order valence-corrected chi connectivity index (χ3v) is 5.76. The molecule has 1 unspecified atom stereocenters. The Kier molecular flexibility index (Phi) is 4.54. The van der Waals surface area contributed by atoms with Crippen LogP contribution in [0.3, 0.4) is 0 Å². The fourth-order valence-electron chi connectivity index (χ4n) is 3.72. The second kappa shape index (κ2) is 6.50. The molecule has 0 aromatic heterocycles. The molecule has 134 valence electrons. The number of nitrogens with one attached hydrogen (secondary N) is 1. The summed E-state index contributed by atoms with van der Waals surface area (Å²) in [4.78, 5) is 37.8. The van der Waals surface area contributed by atoms with Crippen molar-refractivity contribution in [2.24, 2.45) is 17.3 Å². The van der Waals surface area contributed by atoms with Crippen LogP contribution in [0.1, 0.15) is 32.3 Å². The molecule has 0 aliphatic carbocycles. The molecule has 2 amide bonds. The molecule has 1 fully saturated rings. The van der Waals surface area contributed by atoms with Crippen LogP contribution in [0.5, 0.6) is 0 Å². The van der Waals surface area contributed by atoms with Gasteiger partial charge in [0, 0.05) is 31.1 Å². The summed E-state index contributed by atoms with van der Waals surface area (Å²) in [5.74, 6) is -1.28. The number of para-hydroxylation sites is 1. The van der Waals surface area contributed by atoms with Crippen molar-refractivity contribution in [2.45, 2.75) is 33.1 Å². The first-order valence-corrected chi connectivity index (χ1v) is 8.71. The molecule has 6 nitrogen and oxygen atoms in total. The van der Waals surface area contributed by atoms with Gasteiger partial charge in [-0.3, -0.25) is 14.4 Å². The van der Waals surface area contributed by atoms with E-state index in [1.54, 1.807) is 11.8 Å². The fraction of sp³-hybridized carbons (Fsp3) is 0.526. The van der Waals surface area contributed by atoms with E-state index in [-0.39, 0.29) is 36.6 Å². The van der Waals surface area contributed by atoms with Gasteiger partial charge in [-0.1, -0.05) is 25.1 Å². The average molecular weight is 344 g/mol. The lowest BCUT2D eigenvalue weighted by molar-refractivity contribution is -0.149. The fourth-order valence-corrected chi connectivity index (χ4v) is 3.72. The van der Waals surface area contributed by atoms with E-state index in [4.69, 9.17) is 0 Å². The molecule has 2 heterocycles. The van der Waals surface area contributed by atoms with Crippen molar-refractivity contribution < 1.29 is 19.5 Å². The maximum absolute atomic E-state index is 12.5. The van der Waals surface area contributed by atoms with E-state index in [1.165, 1.54) is 0 Å². The van der Waals surface area contributed by atoms with Crippen LogP contribution in [0.2, 0.25) is 0 Å². The van der Waals surface area contributed by atoms with Crippen molar-refractivity contribution in [3.8, 4) is 0 Å². The highest BCUT2D eigenvalue weighted by molar-refractivity contribution is 5.96. The molecule has 1 aromatic rings. The quantitative estimate of drug-likeness (QED) is 0.876. The van der Waals surface area contributed by atoms with Gasteiger partial charge < -0.3 is 15.3 Å². The molecule has 6 heteroatoms. The summed E-state index contributed by atoms with van der Waals surface area (Å²) < 4.78 is 0. The second-order valence-corrected chi connectivity index (χ2v) is 7.48. The molecule has 0 radical (unpaired) electrons. The maximum Gasteiger partial charge on any atom is 0.311 e. The van der Waals surface area contributed by atoms with Crippen LogP contribution >= 0.6 is 0 Å². The minimum Gasteiger partial charge on any atom is -0.481 e. The lowest BCUT2D eigenvalue weighted by Gasteiger charge is -2.25. The highest BCUT2D eigenvalue weighted by Gasteiger charge is 2.47. The van der Waals surface area contributed by atoms with E-state index >= 15 is 0 Å². The first-order valence-electron chi connectivity index (χ1n) is 8.71. The Bertz CT molecular complexity index is 717. The monoisotopic (exact) mass is 344 g/mol. The number of fused-ring (bicyclic) bond motifs is 1. The topological polar surface area (TPSA) is 86.7 Å². The third kappa shape index (κ3) is 3.25. The summed E-state index contributed by atoms with van der Waals surface area (Å²) in [6.45, 7) is 4.26. The zero-order chi connectivity index (χ0) is 18.2. The normalized spacial score (nSPS) is 28.4. The second-order valence-electron chi connectivity index (χ2n) is 7.48. The number of hydrogen-bond acceptors (Lipinski definition) is 3. The van der Waals surface area contributed by atoms with E-state index < -0.39 is 11.4 Å². The summed E-state index contributed by atoms with van der Waals surface area (Å²) >= 11 is 0. The molecule has 3 atom stereocenters. The van der Waals surface area contributed by atoms with Gasteiger partial charge in [0.25, 0.3) is 0 Å². The highest BCUT2D eigenvalue weighted by Crippen LogP contribution is 2.36. The molecule has 1 saturated heterocycles. The number of hydrogen-bond donors (Lipinski definition) is 2. The van der Waals surface area contributed by atoms with Crippen molar-refractivity contribution in [1.29, 1.82) is 0 Å². The number of carbonyl (C=O) groups is 3. The Labute approximate surface area is 147 Å². The number of aliphatic carboxylic acids is 1. The van der Waals surface area contributed by atoms with Gasteiger partial charge in [-0.15, -0.1) is 0 Å². The molecular formula is C19H24N2O4. The predicted molar refractivity (Wildman–Crippen MR) is 93.0 cm³/mol. The van der Waals surface area contributed by atoms with Crippen LogP contribution in [0, 0.1) is 17.3 Å². The number of likely N-dealkylation sites (tertiary alicyclic amines) is 1. The highest BCUT2D eigenvalue weighted by atomic mass is 16.4. The van der Waals surface area contributed by atoms with Gasteiger partial charge in [-0.2, -0.15) is 0 Å². The van der Waals surface area contributed by atoms with Gasteiger partial charge in [-0.25, -0.2) is 0 Å². The van der Waals surface area contributed by atoms with E-state index in [0.29, 0.717) is 19.4 Å². The molecule has 25 heavy (non-hydrogen) atoms. The van der Waals surface area contributed by atoms with Crippen molar-refractivity contribution in [3.63, 3.8) is 0 Å². The Balaban J connectivity index is 1.58.